The Labute approximate surface area is 115 Å². The summed E-state index contributed by atoms with van der Waals surface area (Å²) in [5, 5.41) is 15.2. The van der Waals surface area contributed by atoms with Gasteiger partial charge in [-0.3, -0.25) is 0 Å². The first-order chi connectivity index (χ1) is 8.45. The minimum Gasteiger partial charge on any atom is -0.478 e. The van der Waals surface area contributed by atoms with Crippen molar-refractivity contribution in [2.24, 2.45) is 11.5 Å². The van der Waals surface area contributed by atoms with Gasteiger partial charge in [-0.05, 0) is 0 Å². The van der Waals surface area contributed by atoms with E-state index in [4.69, 9.17) is 21.7 Å². The standard InChI is InChI=1S/C4H12N2S2.2C3H4O2/c5-1-3-7-8-4-2-6;2*1-2-3(4)5/h1-6H2;2*2H,1H2,(H,4,5). The van der Waals surface area contributed by atoms with Gasteiger partial charge in [0.15, 0.2) is 0 Å². The monoisotopic (exact) mass is 296 g/mol. The Hall–Kier alpha value is -0.960. The summed E-state index contributed by atoms with van der Waals surface area (Å²) in [4.78, 5) is 18.5. The van der Waals surface area contributed by atoms with Crippen molar-refractivity contribution in [1.82, 2.24) is 0 Å². The highest BCUT2D eigenvalue weighted by Gasteiger charge is 1.84. The number of carboxylic acids is 2. The molecule has 0 saturated carbocycles. The smallest absolute Gasteiger partial charge is 0.327 e. The lowest BCUT2D eigenvalue weighted by molar-refractivity contribution is -0.132. The van der Waals surface area contributed by atoms with Crippen LogP contribution in [0.3, 0.4) is 0 Å². The van der Waals surface area contributed by atoms with Crippen molar-refractivity contribution in [2.75, 3.05) is 24.6 Å². The van der Waals surface area contributed by atoms with Crippen molar-refractivity contribution in [2.45, 2.75) is 0 Å². The second-order valence-electron chi connectivity index (χ2n) is 2.31. The van der Waals surface area contributed by atoms with E-state index in [1.54, 1.807) is 21.6 Å². The molecule has 0 aromatic rings. The Morgan fingerprint density at radius 2 is 1.17 bits per heavy atom. The van der Waals surface area contributed by atoms with Crippen molar-refractivity contribution in [3.8, 4) is 0 Å². The molecule has 0 rings (SSSR count). The van der Waals surface area contributed by atoms with Gasteiger partial charge in [0.2, 0.25) is 0 Å². The lowest BCUT2D eigenvalue weighted by atomic mass is 10.7. The van der Waals surface area contributed by atoms with Gasteiger partial charge in [-0.2, -0.15) is 0 Å². The number of hydrogen-bond acceptors (Lipinski definition) is 6. The maximum absolute atomic E-state index is 9.25. The van der Waals surface area contributed by atoms with Crippen LogP contribution in [0.1, 0.15) is 0 Å². The van der Waals surface area contributed by atoms with Gasteiger partial charge in [-0.1, -0.05) is 34.7 Å². The highest BCUT2D eigenvalue weighted by Crippen LogP contribution is 2.18. The van der Waals surface area contributed by atoms with Crippen LogP contribution in [0.15, 0.2) is 25.3 Å². The summed E-state index contributed by atoms with van der Waals surface area (Å²) in [7, 11) is 3.58. The normalized spacial score (nSPS) is 7.89. The van der Waals surface area contributed by atoms with Crippen LogP contribution in [0, 0.1) is 0 Å². The second-order valence-corrected chi connectivity index (χ2v) is 5.01. The largest absolute Gasteiger partial charge is 0.478 e. The quantitative estimate of drug-likeness (QED) is 0.309. The summed E-state index contributed by atoms with van der Waals surface area (Å²) in [5.41, 5.74) is 10.5. The van der Waals surface area contributed by atoms with Crippen molar-refractivity contribution < 1.29 is 19.8 Å². The molecule has 106 valence electrons. The summed E-state index contributed by atoms with van der Waals surface area (Å²) in [5.74, 6) is 0.102. The highest BCUT2D eigenvalue weighted by molar-refractivity contribution is 8.76. The SMILES string of the molecule is C=CC(=O)O.C=CC(=O)O.NCCSSCCN. The van der Waals surface area contributed by atoms with E-state index in [0.29, 0.717) is 0 Å². The number of hydrogen-bond donors (Lipinski definition) is 4. The molecule has 0 atom stereocenters. The molecule has 0 aliphatic rings. The average Bonchev–Trinajstić information content (AvgIpc) is 2.36. The van der Waals surface area contributed by atoms with Gasteiger partial charge in [0, 0.05) is 36.7 Å². The van der Waals surface area contributed by atoms with Crippen molar-refractivity contribution in [3.63, 3.8) is 0 Å². The lowest BCUT2D eigenvalue weighted by Gasteiger charge is -1.93. The van der Waals surface area contributed by atoms with E-state index in [9.17, 15) is 9.59 Å². The minimum atomic E-state index is -0.981. The summed E-state index contributed by atoms with van der Waals surface area (Å²) >= 11 is 0. The van der Waals surface area contributed by atoms with Gasteiger partial charge in [0.25, 0.3) is 0 Å². The Bertz CT molecular complexity index is 214. The summed E-state index contributed by atoms with van der Waals surface area (Å²) in [6.07, 6.45) is 1.67. The highest BCUT2D eigenvalue weighted by atomic mass is 33.1. The summed E-state index contributed by atoms with van der Waals surface area (Å²) in [6.45, 7) is 7.45. The molecule has 0 spiro atoms. The molecule has 0 aromatic carbocycles. The van der Waals surface area contributed by atoms with Crippen LogP contribution in [-0.2, 0) is 9.59 Å². The fourth-order valence-corrected chi connectivity index (χ4v) is 1.93. The number of rotatable bonds is 7. The third-order valence-corrected chi connectivity index (χ3v) is 3.31. The molecular weight excluding hydrogens is 276 g/mol. The lowest BCUT2D eigenvalue weighted by Crippen LogP contribution is -2.02. The number of carbonyl (C=O) groups is 2. The van der Waals surface area contributed by atoms with Gasteiger partial charge in [0.1, 0.15) is 0 Å². The third kappa shape index (κ3) is 45.9. The molecule has 0 fully saturated rings. The molecular formula is C10H20N2O4S2. The van der Waals surface area contributed by atoms with Crippen LogP contribution in [0.25, 0.3) is 0 Å². The molecule has 0 unspecified atom stereocenters. The molecule has 0 amide bonds. The molecule has 6 N–H and O–H groups in total. The maximum Gasteiger partial charge on any atom is 0.327 e. The second kappa shape index (κ2) is 21.3. The van der Waals surface area contributed by atoms with Crippen LogP contribution < -0.4 is 11.5 Å². The van der Waals surface area contributed by atoms with Crippen molar-refractivity contribution in [1.29, 1.82) is 0 Å². The zero-order valence-corrected chi connectivity index (χ0v) is 11.7. The molecule has 0 aliphatic heterocycles. The van der Waals surface area contributed by atoms with Gasteiger partial charge in [-0.15, -0.1) is 0 Å². The van der Waals surface area contributed by atoms with Gasteiger partial charge < -0.3 is 21.7 Å². The molecule has 0 radical (unpaired) electrons. The van der Waals surface area contributed by atoms with E-state index in [0.717, 1.165) is 36.7 Å². The van der Waals surface area contributed by atoms with E-state index in [1.165, 1.54) is 0 Å². The number of carboxylic acid groups (broad SMARTS) is 2. The van der Waals surface area contributed by atoms with E-state index in [-0.39, 0.29) is 0 Å². The van der Waals surface area contributed by atoms with E-state index in [2.05, 4.69) is 13.2 Å². The Kier molecular flexibility index (Phi) is 26.4. The molecule has 0 aromatic heterocycles. The maximum atomic E-state index is 9.25. The van der Waals surface area contributed by atoms with Gasteiger partial charge >= 0.3 is 11.9 Å². The topological polar surface area (TPSA) is 127 Å². The molecule has 8 heteroatoms. The zero-order chi connectivity index (χ0) is 14.8. The predicted molar refractivity (Wildman–Crippen MR) is 78.7 cm³/mol. The summed E-state index contributed by atoms with van der Waals surface area (Å²) < 4.78 is 0. The average molecular weight is 296 g/mol. The van der Waals surface area contributed by atoms with Crippen molar-refractivity contribution >= 4 is 33.5 Å². The van der Waals surface area contributed by atoms with Crippen LogP contribution in [0.5, 0.6) is 0 Å². The zero-order valence-electron chi connectivity index (χ0n) is 10.1. The Morgan fingerprint density at radius 1 is 0.944 bits per heavy atom. The fourth-order valence-electron chi connectivity index (χ4n) is 0.214. The first-order valence-electron chi connectivity index (χ1n) is 4.81. The van der Waals surface area contributed by atoms with Gasteiger partial charge in [0.05, 0.1) is 0 Å². The molecule has 6 nitrogen and oxygen atoms in total. The van der Waals surface area contributed by atoms with Crippen LogP contribution in [0.2, 0.25) is 0 Å². The van der Waals surface area contributed by atoms with Crippen LogP contribution >= 0.6 is 21.6 Å². The first kappa shape index (κ1) is 22.2. The number of nitrogens with two attached hydrogens (primary N) is 2. The minimum absolute atomic E-state index is 0.766. The molecule has 0 saturated heterocycles. The predicted octanol–water partition coefficient (Wildman–Crippen LogP) is 0.799. The first-order valence-corrected chi connectivity index (χ1v) is 7.30. The molecule has 0 heterocycles. The molecule has 0 bridgehead atoms. The van der Waals surface area contributed by atoms with E-state index >= 15 is 0 Å². The van der Waals surface area contributed by atoms with Gasteiger partial charge in [-0.25, -0.2) is 9.59 Å². The molecule has 0 aliphatic carbocycles. The summed E-state index contributed by atoms with van der Waals surface area (Å²) in [6, 6.07) is 0. The Balaban J connectivity index is -0.000000197. The number of aliphatic carboxylic acids is 2. The van der Waals surface area contributed by atoms with Crippen molar-refractivity contribution in [3.05, 3.63) is 25.3 Å². The van der Waals surface area contributed by atoms with Crippen LogP contribution in [0.4, 0.5) is 0 Å². The van der Waals surface area contributed by atoms with E-state index in [1.807, 2.05) is 0 Å². The third-order valence-electron chi connectivity index (χ3n) is 0.835. The van der Waals surface area contributed by atoms with E-state index < -0.39 is 11.9 Å². The Morgan fingerprint density at radius 3 is 1.28 bits per heavy atom. The van der Waals surface area contributed by atoms with Crippen LogP contribution in [-0.4, -0.2) is 46.7 Å². The molecule has 18 heavy (non-hydrogen) atoms. The fraction of sp³-hybridized carbons (Fsp3) is 0.400.